The normalized spacial score (nSPS) is 11.6. The summed E-state index contributed by atoms with van der Waals surface area (Å²) in [5.74, 6) is 0.808. The highest BCUT2D eigenvalue weighted by Crippen LogP contribution is 2.24. The molecule has 3 heteroatoms. The molecule has 0 aliphatic rings. The summed E-state index contributed by atoms with van der Waals surface area (Å²) < 4.78 is 5.20. The maximum absolute atomic E-state index is 5.88. The van der Waals surface area contributed by atoms with Gasteiger partial charge in [-0.2, -0.15) is 0 Å². The van der Waals surface area contributed by atoms with Crippen LogP contribution in [-0.2, 0) is 0 Å². The van der Waals surface area contributed by atoms with Crippen LogP contribution in [0.1, 0.15) is 12.5 Å². The second kappa shape index (κ2) is 5.03. The zero-order valence-electron chi connectivity index (χ0n) is 8.38. The number of benzene rings is 1. The van der Waals surface area contributed by atoms with E-state index < -0.39 is 0 Å². The number of ether oxygens (including phenoxy) is 1. The summed E-state index contributed by atoms with van der Waals surface area (Å²) in [7, 11) is 1.64. The largest absolute Gasteiger partial charge is 0.496 e. The molecule has 14 heavy (non-hydrogen) atoms. The molecule has 0 aliphatic carbocycles. The molecule has 0 aliphatic heterocycles. The first kappa shape index (κ1) is 11.1. The zero-order chi connectivity index (χ0) is 10.6. The van der Waals surface area contributed by atoms with Crippen LogP contribution < -0.4 is 10.5 Å². The molecule has 2 nitrogen and oxygen atoms in total. The van der Waals surface area contributed by atoms with Crippen molar-refractivity contribution in [1.82, 2.24) is 0 Å². The van der Waals surface area contributed by atoms with Gasteiger partial charge in [-0.1, -0.05) is 23.3 Å². The lowest BCUT2D eigenvalue weighted by molar-refractivity contribution is 0.414. The Bertz CT molecular complexity index is 347. The Hall–Kier alpha value is -0.990. The van der Waals surface area contributed by atoms with Gasteiger partial charge in [0.05, 0.1) is 7.11 Å². The molecule has 2 N–H and O–H groups in total. The smallest absolute Gasteiger partial charge is 0.126 e. The van der Waals surface area contributed by atoms with Gasteiger partial charge in [-0.25, -0.2) is 0 Å². The summed E-state index contributed by atoms with van der Waals surface area (Å²) in [6.45, 7) is 2.51. The van der Waals surface area contributed by atoms with Gasteiger partial charge >= 0.3 is 0 Å². The molecule has 0 heterocycles. The molecule has 0 fully saturated rings. The van der Waals surface area contributed by atoms with Crippen molar-refractivity contribution in [2.24, 2.45) is 5.73 Å². The minimum atomic E-state index is 0.537. The molecule has 76 valence electrons. The molecule has 0 spiro atoms. The van der Waals surface area contributed by atoms with Crippen LogP contribution in [0.3, 0.4) is 0 Å². The summed E-state index contributed by atoms with van der Waals surface area (Å²) in [6, 6.07) is 5.51. The highest BCUT2D eigenvalue weighted by Gasteiger charge is 2.00. The molecule has 0 amide bonds. The van der Waals surface area contributed by atoms with Crippen LogP contribution in [0, 0.1) is 0 Å². The maximum atomic E-state index is 5.88. The number of nitrogens with two attached hydrogens (primary N) is 1. The average Bonchev–Trinajstić information content (AvgIpc) is 2.18. The van der Waals surface area contributed by atoms with Crippen LogP contribution in [0.4, 0.5) is 0 Å². The quantitative estimate of drug-likeness (QED) is 0.835. The van der Waals surface area contributed by atoms with Crippen molar-refractivity contribution >= 4 is 17.7 Å². The van der Waals surface area contributed by atoms with Crippen LogP contribution in [0.25, 0.3) is 6.08 Å². The van der Waals surface area contributed by atoms with Crippen molar-refractivity contribution in [2.75, 3.05) is 13.7 Å². The van der Waals surface area contributed by atoms with E-state index in [1.165, 1.54) is 0 Å². The van der Waals surface area contributed by atoms with E-state index in [0.717, 1.165) is 16.9 Å². The van der Waals surface area contributed by atoms with E-state index in [2.05, 4.69) is 0 Å². The number of methoxy groups -OCH3 is 1. The molecule has 0 atom stereocenters. The first-order chi connectivity index (χ1) is 6.67. The molecule has 1 rings (SSSR count). The van der Waals surface area contributed by atoms with Gasteiger partial charge < -0.3 is 10.5 Å². The molecule has 0 radical (unpaired) electrons. The summed E-state index contributed by atoms with van der Waals surface area (Å²) in [4.78, 5) is 0. The van der Waals surface area contributed by atoms with Crippen molar-refractivity contribution in [3.05, 3.63) is 34.4 Å². The lowest BCUT2D eigenvalue weighted by Crippen LogP contribution is -1.99. The summed E-state index contributed by atoms with van der Waals surface area (Å²) in [6.07, 6.45) is 1.98. The molecular formula is C11H14ClNO. The third-order valence-electron chi connectivity index (χ3n) is 1.92. The molecule has 0 saturated heterocycles. The number of rotatable bonds is 3. The first-order valence-corrected chi connectivity index (χ1v) is 4.76. The van der Waals surface area contributed by atoms with Gasteiger partial charge in [0.1, 0.15) is 5.75 Å². The van der Waals surface area contributed by atoms with Gasteiger partial charge in [-0.05, 0) is 25.1 Å². The Morgan fingerprint density at radius 2 is 2.29 bits per heavy atom. The highest BCUT2D eigenvalue weighted by atomic mass is 35.5. The molecular weight excluding hydrogens is 198 g/mol. The third-order valence-corrected chi connectivity index (χ3v) is 2.15. The molecule has 0 bridgehead atoms. The highest BCUT2D eigenvalue weighted by molar-refractivity contribution is 6.30. The molecule has 0 aromatic heterocycles. The van der Waals surface area contributed by atoms with Gasteiger partial charge in [-0.15, -0.1) is 0 Å². The Kier molecular flexibility index (Phi) is 3.98. The Labute approximate surface area is 89.3 Å². The summed E-state index contributed by atoms with van der Waals surface area (Å²) >= 11 is 5.88. The van der Waals surface area contributed by atoms with Crippen molar-refractivity contribution in [3.63, 3.8) is 0 Å². The maximum Gasteiger partial charge on any atom is 0.126 e. The van der Waals surface area contributed by atoms with Crippen LogP contribution in [0.5, 0.6) is 5.75 Å². The predicted molar refractivity (Wildman–Crippen MR) is 60.7 cm³/mol. The van der Waals surface area contributed by atoms with Gasteiger partial charge in [0.25, 0.3) is 0 Å². The fourth-order valence-electron chi connectivity index (χ4n) is 1.14. The minimum Gasteiger partial charge on any atom is -0.496 e. The fraction of sp³-hybridized carbons (Fsp3) is 0.273. The molecule has 1 aromatic rings. The van der Waals surface area contributed by atoms with Crippen molar-refractivity contribution in [3.8, 4) is 5.75 Å². The van der Waals surface area contributed by atoms with Gasteiger partial charge in [0.15, 0.2) is 0 Å². The van der Waals surface area contributed by atoms with E-state index in [9.17, 15) is 0 Å². The topological polar surface area (TPSA) is 35.2 Å². The first-order valence-electron chi connectivity index (χ1n) is 4.38. The van der Waals surface area contributed by atoms with Crippen molar-refractivity contribution < 1.29 is 4.74 Å². The van der Waals surface area contributed by atoms with E-state index in [-0.39, 0.29) is 0 Å². The van der Waals surface area contributed by atoms with Crippen LogP contribution >= 0.6 is 11.6 Å². The average molecular weight is 212 g/mol. The van der Waals surface area contributed by atoms with E-state index in [1.807, 2.05) is 25.1 Å². The molecule has 0 saturated carbocycles. The van der Waals surface area contributed by atoms with E-state index in [0.29, 0.717) is 11.6 Å². The standard InChI is InChI=1S/C11H14ClNO/c1-8(7-13)5-9-6-10(12)3-4-11(9)14-2/h3-6H,7,13H2,1-2H3/b8-5+. The Balaban J connectivity index is 3.11. The fourth-order valence-corrected chi connectivity index (χ4v) is 1.32. The van der Waals surface area contributed by atoms with Crippen LogP contribution in [0.15, 0.2) is 23.8 Å². The van der Waals surface area contributed by atoms with Crippen LogP contribution in [0.2, 0.25) is 5.02 Å². The van der Waals surface area contributed by atoms with Gasteiger partial charge in [0.2, 0.25) is 0 Å². The predicted octanol–water partition coefficient (Wildman–Crippen LogP) is 2.71. The zero-order valence-corrected chi connectivity index (χ0v) is 9.14. The summed E-state index contributed by atoms with van der Waals surface area (Å²) in [5, 5.41) is 0.696. The second-order valence-corrected chi connectivity index (χ2v) is 3.52. The SMILES string of the molecule is COc1ccc(Cl)cc1/C=C(\C)CN. The third kappa shape index (κ3) is 2.76. The second-order valence-electron chi connectivity index (χ2n) is 3.08. The van der Waals surface area contributed by atoms with E-state index in [4.69, 9.17) is 22.1 Å². The van der Waals surface area contributed by atoms with Gasteiger partial charge in [0, 0.05) is 17.1 Å². The van der Waals surface area contributed by atoms with E-state index >= 15 is 0 Å². The number of hydrogen-bond acceptors (Lipinski definition) is 2. The van der Waals surface area contributed by atoms with Gasteiger partial charge in [-0.3, -0.25) is 0 Å². The van der Waals surface area contributed by atoms with Crippen molar-refractivity contribution in [2.45, 2.75) is 6.92 Å². The van der Waals surface area contributed by atoms with E-state index in [1.54, 1.807) is 13.2 Å². The Morgan fingerprint density at radius 3 is 2.86 bits per heavy atom. The monoisotopic (exact) mass is 211 g/mol. The Morgan fingerprint density at radius 1 is 1.57 bits per heavy atom. The lowest BCUT2D eigenvalue weighted by atomic mass is 10.1. The minimum absolute atomic E-state index is 0.537. The van der Waals surface area contributed by atoms with Crippen molar-refractivity contribution in [1.29, 1.82) is 0 Å². The molecule has 1 aromatic carbocycles. The van der Waals surface area contributed by atoms with Crippen LogP contribution in [-0.4, -0.2) is 13.7 Å². The lowest BCUT2D eigenvalue weighted by Gasteiger charge is -2.06. The molecule has 0 unspecified atom stereocenters. The number of halogens is 1. The summed E-state index contributed by atoms with van der Waals surface area (Å²) in [5.41, 5.74) is 7.56. The number of hydrogen-bond donors (Lipinski definition) is 1.